The number of para-hydroxylation sites is 1. The molecule has 0 saturated heterocycles. The average molecular weight is 540 g/mol. The third kappa shape index (κ3) is 6.03. The summed E-state index contributed by atoms with van der Waals surface area (Å²) in [6, 6.07) is 13.2. The minimum atomic E-state index is -4.72. The molecule has 3 N–H and O–H groups in total. The average Bonchev–Trinajstić information content (AvgIpc) is 3.23. The Labute approximate surface area is 206 Å². The molecular weight excluding hydrogens is 511 g/mol. The molecule has 0 spiro atoms. The number of amidine groups is 1. The van der Waals surface area contributed by atoms with Gasteiger partial charge in [0.1, 0.15) is 11.6 Å². The van der Waals surface area contributed by atoms with E-state index in [0.29, 0.717) is 28.5 Å². The summed E-state index contributed by atoms with van der Waals surface area (Å²) >= 11 is 3.20. The maximum Gasteiger partial charge on any atom is 0.573 e. The van der Waals surface area contributed by atoms with Gasteiger partial charge in [0.05, 0.1) is 5.69 Å². The Morgan fingerprint density at radius 1 is 1.21 bits per heavy atom. The van der Waals surface area contributed by atoms with E-state index in [1.165, 1.54) is 6.07 Å². The van der Waals surface area contributed by atoms with Crippen LogP contribution in [0.2, 0.25) is 0 Å². The van der Waals surface area contributed by atoms with Crippen molar-refractivity contribution in [3.05, 3.63) is 58.1 Å². The van der Waals surface area contributed by atoms with Gasteiger partial charge in [-0.3, -0.25) is 10.3 Å². The van der Waals surface area contributed by atoms with Crippen LogP contribution in [0.25, 0.3) is 0 Å². The number of alkyl halides is 3. The molecule has 34 heavy (non-hydrogen) atoms. The molecule has 2 aliphatic rings. The van der Waals surface area contributed by atoms with Gasteiger partial charge in [0.25, 0.3) is 0 Å². The van der Waals surface area contributed by atoms with Gasteiger partial charge in [0.2, 0.25) is 0 Å². The number of hydrogen-bond acceptors (Lipinski definition) is 5. The zero-order valence-electron chi connectivity index (χ0n) is 19.1. The van der Waals surface area contributed by atoms with Crippen molar-refractivity contribution < 1.29 is 17.9 Å². The van der Waals surface area contributed by atoms with Crippen LogP contribution in [0, 0.1) is 5.92 Å². The van der Waals surface area contributed by atoms with Crippen LogP contribution in [0.15, 0.2) is 51.9 Å². The monoisotopic (exact) mass is 539 g/mol. The van der Waals surface area contributed by atoms with E-state index in [-0.39, 0.29) is 12.0 Å². The van der Waals surface area contributed by atoms with Gasteiger partial charge in [-0.2, -0.15) is 0 Å². The first-order valence-electron chi connectivity index (χ1n) is 11.3. The maximum atomic E-state index is 12.7. The Morgan fingerprint density at radius 2 is 2.00 bits per heavy atom. The summed E-state index contributed by atoms with van der Waals surface area (Å²) in [5.74, 6) is 1.13. The normalized spacial score (nSPS) is 23.6. The molecule has 184 valence electrons. The summed E-state index contributed by atoms with van der Waals surface area (Å²) in [6.07, 6.45) is -1.69. The van der Waals surface area contributed by atoms with Crippen LogP contribution < -0.4 is 25.6 Å². The molecule has 1 unspecified atom stereocenters. The second-order valence-electron chi connectivity index (χ2n) is 8.72. The topological polar surface area (TPSA) is 60.9 Å². The van der Waals surface area contributed by atoms with Crippen molar-refractivity contribution in [1.82, 2.24) is 16.0 Å². The predicted octanol–water partition coefficient (Wildman–Crippen LogP) is 4.60. The highest BCUT2D eigenvalue weighted by molar-refractivity contribution is 9.10. The first-order chi connectivity index (χ1) is 16.2. The Morgan fingerprint density at radius 3 is 2.76 bits per heavy atom. The molecule has 10 heteroatoms. The molecule has 0 amide bonds. The zero-order chi connectivity index (χ0) is 24.3. The van der Waals surface area contributed by atoms with Crippen molar-refractivity contribution in [2.45, 2.75) is 44.5 Å². The number of rotatable bonds is 7. The molecule has 4 rings (SSSR count). The van der Waals surface area contributed by atoms with Crippen LogP contribution in [0.1, 0.15) is 30.4 Å². The Hall–Kier alpha value is -2.30. The number of hydrogen-bond donors (Lipinski definition) is 3. The molecule has 2 aromatic carbocycles. The van der Waals surface area contributed by atoms with Crippen molar-refractivity contribution in [1.29, 1.82) is 0 Å². The van der Waals surface area contributed by atoms with Crippen LogP contribution in [0.5, 0.6) is 5.75 Å². The molecular formula is C24H29BrF3N5O. The van der Waals surface area contributed by atoms with Crippen molar-refractivity contribution in [2.75, 3.05) is 25.5 Å². The highest BCUT2D eigenvalue weighted by atomic mass is 79.9. The summed E-state index contributed by atoms with van der Waals surface area (Å²) in [5, 5.41) is 10.5. The van der Waals surface area contributed by atoms with E-state index in [1.54, 1.807) is 19.2 Å². The summed E-state index contributed by atoms with van der Waals surface area (Å²) in [5.41, 5.74) is 2.69. The van der Waals surface area contributed by atoms with E-state index in [4.69, 9.17) is 0 Å². The minimum Gasteiger partial charge on any atom is -0.405 e. The molecule has 1 aliphatic heterocycles. The third-order valence-electron chi connectivity index (χ3n) is 6.36. The second kappa shape index (κ2) is 10.5. The molecule has 1 aliphatic carbocycles. The lowest BCUT2D eigenvalue weighted by Crippen LogP contribution is -2.61. The highest BCUT2D eigenvalue weighted by Gasteiger charge is 2.33. The van der Waals surface area contributed by atoms with Crippen molar-refractivity contribution in [3.63, 3.8) is 0 Å². The number of ether oxygens (including phenoxy) is 1. The van der Waals surface area contributed by atoms with Crippen LogP contribution in [0.3, 0.4) is 0 Å². The SMILES string of the molecule is CN=C1NC(N[C@H]2CC[C@@H](CNCc3ccc(Br)cc3OC(F)(F)F)C2)N(C)c2ccccc21. The standard InChI is InChI=1S/C24H29BrF3N5O/c1-29-22-19-5-3-4-6-20(19)33(2)23(32-22)31-18-10-7-15(11-18)13-30-14-16-8-9-17(25)12-21(16)34-24(26,27)28/h3-6,8-9,12,15,18,23,30-31H,7,10-11,13-14H2,1-2H3,(H,29,32)/t15-,18+,23?/m1/s1. The van der Waals surface area contributed by atoms with Gasteiger partial charge in [0.15, 0.2) is 6.29 Å². The van der Waals surface area contributed by atoms with Crippen molar-refractivity contribution in [2.24, 2.45) is 10.9 Å². The lowest BCUT2D eigenvalue weighted by molar-refractivity contribution is -0.274. The van der Waals surface area contributed by atoms with Gasteiger partial charge in [-0.25, -0.2) is 0 Å². The van der Waals surface area contributed by atoms with Crippen LogP contribution in [0.4, 0.5) is 18.9 Å². The number of anilines is 1. The third-order valence-corrected chi connectivity index (χ3v) is 6.85. The minimum absolute atomic E-state index is 0.0600. The van der Waals surface area contributed by atoms with Crippen molar-refractivity contribution >= 4 is 27.5 Å². The molecule has 3 atom stereocenters. The number of nitrogens with zero attached hydrogens (tertiary/aromatic N) is 2. The zero-order valence-corrected chi connectivity index (χ0v) is 20.7. The molecule has 0 radical (unpaired) electrons. The summed E-state index contributed by atoms with van der Waals surface area (Å²) < 4.78 is 42.9. The predicted molar refractivity (Wildman–Crippen MR) is 131 cm³/mol. The Balaban J connectivity index is 1.29. The number of nitrogens with one attached hydrogen (secondary N) is 3. The summed E-state index contributed by atoms with van der Waals surface area (Å²) in [7, 11) is 3.85. The van der Waals surface area contributed by atoms with E-state index in [9.17, 15) is 13.2 Å². The van der Waals surface area contributed by atoms with E-state index in [2.05, 4.69) is 65.7 Å². The van der Waals surface area contributed by atoms with Crippen molar-refractivity contribution in [3.8, 4) is 5.75 Å². The highest BCUT2D eigenvalue weighted by Crippen LogP contribution is 2.31. The van der Waals surface area contributed by atoms with Gasteiger partial charge < -0.3 is 20.3 Å². The van der Waals surface area contributed by atoms with Crippen LogP contribution in [-0.4, -0.2) is 45.2 Å². The number of fused-ring (bicyclic) bond motifs is 1. The first kappa shape index (κ1) is 24.8. The van der Waals surface area contributed by atoms with E-state index < -0.39 is 6.36 Å². The molecule has 0 aromatic heterocycles. The summed E-state index contributed by atoms with van der Waals surface area (Å²) in [4.78, 5) is 6.60. The van der Waals surface area contributed by atoms with E-state index in [0.717, 1.165) is 42.9 Å². The van der Waals surface area contributed by atoms with E-state index >= 15 is 0 Å². The van der Waals surface area contributed by atoms with Gasteiger partial charge in [-0.1, -0.05) is 34.1 Å². The van der Waals surface area contributed by atoms with Crippen LogP contribution in [-0.2, 0) is 6.54 Å². The fourth-order valence-electron chi connectivity index (χ4n) is 4.70. The van der Waals surface area contributed by atoms with Gasteiger partial charge in [-0.05, 0) is 56.0 Å². The Bertz CT molecular complexity index is 1030. The second-order valence-corrected chi connectivity index (χ2v) is 9.64. The fraction of sp³-hybridized carbons (Fsp3) is 0.458. The number of halogens is 4. The Kier molecular flexibility index (Phi) is 7.69. The van der Waals surface area contributed by atoms with E-state index in [1.807, 2.05) is 12.1 Å². The molecule has 2 aromatic rings. The molecule has 6 nitrogen and oxygen atoms in total. The quantitative estimate of drug-likeness (QED) is 0.480. The number of benzene rings is 2. The largest absolute Gasteiger partial charge is 0.573 e. The molecule has 1 heterocycles. The fourth-order valence-corrected chi connectivity index (χ4v) is 5.04. The first-order valence-corrected chi connectivity index (χ1v) is 12.1. The van der Waals surface area contributed by atoms with Gasteiger partial charge >= 0.3 is 6.36 Å². The smallest absolute Gasteiger partial charge is 0.405 e. The molecule has 1 saturated carbocycles. The summed E-state index contributed by atoms with van der Waals surface area (Å²) in [6.45, 7) is 1.05. The lowest BCUT2D eigenvalue weighted by Gasteiger charge is -2.39. The number of aliphatic imine (C=N–C) groups is 1. The molecule has 1 fully saturated rings. The molecule has 0 bridgehead atoms. The van der Waals surface area contributed by atoms with Gasteiger partial charge in [0, 0.05) is 42.3 Å². The van der Waals surface area contributed by atoms with Crippen LogP contribution >= 0.6 is 15.9 Å². The maximum absolute atomic E-state index is 12.7. The lowest BCUT2D eigenvalue weighted by atomic mass is 10.1. The van der Waals surface area contributed by atoms with Gasteiger partial charge in [-0.15, -0.1) is 13.2 Å².